The number of nitrogens with zero attached hydrogens (tertiary/aromatic N) is 24. The van der Waals surface area contributed by atoms with Crippen molar-refractivity contribution in [2.45, 2.75) is 230 Å². The second-order valence-electron chi connectivity index (χ2n) is 44.3. The summed E-state index contributed by atoms with van der Waals surface area (Å²) in [4.78, 5) is 56.3. The van der Waals surface area contributed by atoms with Crippen LogP contribution in [0.4, 0.5) is 23.3 Å². The zero-order chi connectivity index (χ0) is 102. The number of hydrogen-bond donors (Lipinski definition) is 4. The van der Waals surface area contributed by atoms with Gasteiger partial charge in [0.2, 0.25) is 0 Å². The molecule has 36 heteroatoms. The van der Waals surface area contributed by atoms with Gasteiger partial charge in [0.25, 0.3) is 0 Å². The van der Waals surface area contributed by atoms with Crippen molar-refractivity contribution in [2.75, 3.05) is 206 Å². The Balaban J connectivity index is 0.000000116. The smallest absolute Gasteiger partial charge is 0.320 e. The molecule has 0 aliphatic carbocycles. The molecule has 36 nitrogen and oxygen atoms in total. The Kier molecular flexibility index (Phi) is 31.7. The number of aliphatic hydroxyl groups is 4. The first-order chi connectivity index (χ1) is 71.9. The van der Waals surface area contributed by atoms with Crippen LogP contribution >= 0.6 is 0 Å². The van der Waals surface area contributed by atoms with Crippen LogP contribution < -0.4 is 38.5 Å². The van der Waals surface area contributed by atoms with Gasteiger partial charge in [-0.1, -0.05) is 0 Å². The number of piperidine rings is 4. The zero-order valence-corrected chi connectivity index (χ0v) is 88.5. The number of methoxy groups -OCH3 is 4. The van der Waals surface area contributed by atoms with Crippen molar-refractivity contribution < 1.29 is 58.3 Å². The number of anilines is 4. The lowest BCUT2D eigenvalue weighted by atomic mass is 9.86. The average Bonchev–Trinajstić information content (AvgIpc) is 1.61. The first-order valence-electron chi connectivity index (χ1n) is 54.6. The molecule has 0 radical (unpaired) electrons. The van der Waals surface area contributed by atoms with E-state index >= 15 is 0 Å². The van der Waals surface area contributed by atoms with E-state index in [1.54, 1.807) is 28.4 Å². The van der Waals surface area contributed by atoms with E-state index < -0.39 is 0 Å². The molecule has 792 valence electrons. The Hall–Kier alpha value is -11.0. The molecular weight excluding hydrogens is 1870 g/mol. The van der Waals surface area contributed by atoms with Gasteiger partial charge < -0.3 is 77.9 Å². The van der Waals surface area contributed by atoms with E-state index in [9.17, 15) is 20.4 Å². The van der Waals surface area contributed by atoms with Gasteiger partial charge in [0.05, 0.1) is 126 Å². The van der Waals surface area contributed by atoms with Crippen LogP contribution in [0.15, 0.2) is 97.6 Å². The molecule has 20 heterocycles. The molecule has 0 saturated carbocycles. The largest absolute Gasteiger partial charge is 0.467 e. The molecule has 8 atom stereocenters. The van der Waals surface area contributed by atoms with Crippen molar-refractivity contribution in [1.82, 2.24) is 98.6 Å². The predicted molar refractivity (Wildman–Crippen MR) is 571 cm³/mol. The molecule has 0 amide bonds. The van der Waals surface area contributed by atoms with Crippen LogP contribution in [0.1, 0.15) is 199 Å². The van der Waals surface area contributed by atoms with E-state index in [1.807, 2.05) is 95.5 Å². The number of aromatic nitrogens is 16. The topological polar surface area (TPSA) is 355 Å². The molecular formula is C112H152N24O12. The van der Waals surface area contributed by atoms with E-state index in [0.717, 1.165) is 276 Å². The second kappa shape index (κ2) is 45.7. The minimum atomic E-state index is -0.278. The maximum Gasteiger partial charge on any atom is 0.320 e. The first kappa shape index (κ1) is 103. The Labute approximate surface area is 868 Å². The number of aliphatic hydroxyl groups excluding tert-OH is 4. The lowest BCUT2D eigenvalue weighted by molar-refractivity contribution is 0.122. The van der Waals surface area contributed by atoms with E-state index in [-0.39, 0.29) is 24.4 Å². The summed E-state index contributed by atoms with van der Waals surface area (Å²) in [6.07, 6.45) is 23.8. The van der Waals surface area contributed by atoms with Crippen LogP contribution in [-0.2, 0) is 18.9 Å². The van der Waals surface area contributed by atoms with Crippen molar-refractivity contribution >= 4 is 66.9 Å². The molecule has 0 spiro atoms. The highest BCUT2D eigenvalue weighted by atomic mass is 16.5. The normalized spacial score (nSPS) is 22.5. The van der Waals surface area contributed by atoms with Crippen molar-refractivity contribution in [3.05, 3.63) is 142 Å². The fourth-order valence-corrected chi connectivity index (χ4v) is 25.5. The lowest BCUT2D eigenvalue weighted by Crippen LogP contribution is -2.48. The quantitative estimate of drug-likeness (QED) is 0.0354. The molecule has 12 aromatic rings. The van der Waals surface area contributed by atoms with E-state index in [4.69, 9.17) is 58.3 Å². The summed E-state index contributed by atoms with van der Waals surface area (Å²) in [7, 11) is 6.40. The number of fused-ring (bicyclic) bond motifs is 4. The van der Waals surface area contributed by atoms with E-state index in [0.29, 0.717) is 119 Å². The highest BCUT2D eigenvalue weighted by molar-refractivity contribution is 5.85. The Morgan fingerprint density at radius 2 is 0.473 bits per heavy atom. The summed E-state index contributed by atoms with van der Waals surface area (Å²) in [6, 6.07) is 30.1. The molecule has 4 N–H and O–H groups in total. The average molecular weight is 2030 g/mol. The second-order valence-corrected chi connectivity index (χ2v) is 44.3. The highest BCUT2D eigenvalue weighted by Crippen LogP contribution is 2.44. The number of ether oxygens (including phenoxy) is 8. The third kappa shape index (κ3) is 22.9. The SMILES string of the molecule is COc1nc(N2CC(CC(C)O)C2)cc(-n2ncc3cc(C)c(C4CCN(C5CCOC5)CC4)cc32)n1.COc1nc(N2CC(CC(C)O)C2)cc(-n2ncc3cc(C)c(C4CCN(C5CCOC5)CC4)cc32)n1.COc1nc(N2CC(CC(C)O)C2)cc(-n2ncc3cc(C)c(C4CCN(C5CCOC5)CC4)cc32)n1.COc1nc(N2CC(CC(C)O)C2)cc(-n2ncc3cc(C)c(C4CCN(C5CCOC5)CC4)cc32)n1. The summed E-state index contributed by atoms with van der Waals surface area (Å²) in [5.74, 6) is 10.3. The molecule has 148 heavy (non-hydrogen) atoms. The highest BCUT2D eigenvalue weighted by Gasteiger charge is 2.40. The lowest BCUT2D eigenvalue weighted by Gasteiger charge is -2.40. The molecule has 12 fully saturated rings. The van der Waals surface area contributed by atoms with Gasteiger partial charge in [-0.15, -0.1) is 0 Å². The van der Waals surface area contributed by atoms with Crippen LogP contribution in [-0.4, -0.2) is 354 Å². The van der Waals surface area contributed by atoms with Gasteiger partial charge in [0.15, 0.2) is 23.3 Å². The molecule has 8 aromatic heterocycles. The number of rotatable bonds is 28. The molecule has 4 aromatic carbocycles. The van der Waals surface area contributed by atoms with Gasteiger partial charge >= 0.3 is 24.0 Å². The zero-order valence-electron chi connectivity index (χ0n) is 88.5. The summed E-state index contributed by atoms with van der Waals surface area (Å²) < 4.78 is 52.0. The van der Waals surface area contributed by atoms with Gasteiger partial charge in [0, 0.05) is 149 Å². The van der Waals surface area contributed by atoms with Gasteiger partial charge in [-0.2, -0.15) is 60.3 Å². The molecule has 24 rings (SSSR count). The Morgan fingerprint density at radius 3 is 0.649 bits per heavy atom. The van der Waals surface area contributed by atoms with E-state index in [2.05, 4.69) is 155 Å². The fourth-order valence-electron chi connectivity index (χ4n) is 25.5. The Morgan fingerprint density at radius 1 is 0.277 bits per heavy atom. The summed E-state index contributed by atoms with van der Waals surface area (Å²) in [5, 5.41) is 62.2. The standard InChI is InChI=1S/4C28H38N6O3/c4*1-18-10-22-14-29-34(25(22)12-24(18)21-4-7-32(8-5-21)23-6-9-37-17-23)27-13-26(30-28(31-27)36-3)33-15-20(16-33)11-19(2)35/h4*10,12-14,19-21,23,35H,4-9,11,15-17H2,1-3H3. The van der Waals surface area contributed by atoms with Crippen molar-refractivity contribution in [3.8, 4) is 47.3 Å². The molecule has 0 bridgehead atoms. The van der Waals surface area contributed by atoms with Crippen molar-refractivity contribution in [1.29, 1.82) is 0 Å². The van der Waals surface area contributed by atoms with Crippen LogP contribution in [0, 0.1) is 51.4 Å². The monoisotopic (exact) mass is 2030 g/mol. The number of likely N-dealkylation sites (tertiary alicyclic amines) is 4. The maximum absolute atomic E-state index is 9.71. The first-order valence-corrected chi connectivity index (χ1v) is 54.6. The number of benzene rings is 4. The van der Waals surface area contributed by atoms with E-state index in [1.165, 1.54) is 95.9 Å². The Bertz CT molecular complexity index is 5730. The van der Waals surface area contributed by atoms with Crippen LogP contribution in [0.5, 0.6) is 24.0 Å². The van der Waals surface area contributed by atoms with Crippen LogP contribution in [0.3, 0.4) is 0 Å². The molecule has 8 unspecified atom stereocenters. The van der Waals surface area contributed by atoms with Crippen molar-refractivity contribution in [2.24, 2.45) is 23.7 Å². The third-order valence-electron chi connectivity index (χ3n) is 33.5. The minimum absolute atomic E-state index is 0.278. The third-order valence-corrected chi connectivity index (χ3v) is 33.5. The van der Waals surface area contributed by atoms with Gasteiger partial charge in [-0.05, 0) is 351 Å². The summed E-state index contributed by atoms with van der Waals surface area (Å²) >= 11 is 0. The van der Waals surface area contributed by atoms with Gasteiger partial charge in [-0.25, -0.2) is 18.7 Å². The van der Waals surface area contributed by atoms with Gasteiger partial charge in [-0.3, -0.25) is 19.6 Å². The maximum atomic E-state index is 9.71. The van der Waals surface area contributed by atoms with Crippen LogP contribution in [0.25, 0.3) is 66.9 Å². The number of hydrogen-bond acceptors (Lipinski definition) is 32. The molecule has 12 aliphatic rings. The summed E-state index contributed by atoms with van der Waals surface area (Å²) in [6.45, 7) is 39.5. The summed E-state index contributed by atoms with van der Waals surface area (Å²) in [5.41, 5.74) is 15.3. The molecule has 12 aliphatic heterocycles. The fraction of sp³-hybridized carbons (Fsp3) is 0.607. The number of aryl methyl sites for hydroxylation is 4. The van der Waals surface area contributed by atoms with Gasteiger partial charge in [0.1, 0.15) is 23.3 Å². The van der Waals surface area contributed by atoms with Crippen LogP contribution in [0.2, 0.25) is 0 Å². The predicted octanol–water partition coefficient (Wildman–Crippen LogP) is 13.2. The van der Waals surface area contributed by atoms with Crippen molar-refractivity contribution in [3.63, 3.8) is 0 Å². The molecule has 12 saturated heterocycles. The minimum Gasteiger partial charge on any atom is -0.467 e.